The summed E-state index contributed by atoms with van der Waals surface area (Å²) in [4.78, 5) is 10.6. The highest BCUT2D eigenvalue weighted by atomic mass is 79.9. The Labute approximate surface area is 103 Å². The molecule has 17 heavy (non-hydrogen) atoms. The van der Waals surface area contributed by atoms with Crippen molar-refractivity contribution in [2.24, 2.45) is 0 Å². The van der Waals surface area contributed by atoms with Gasteiger partial charge >= 0.3 is 5.97 Å². The Kier molecular flexibility index (Phi) is 2.76. The summed E-state index contributed by atoms with van der Waals surface area (Å²) in [6.45, 7) is 0. The fourth-order valence-corrected chi connectivity index (χ4v) is 1.80. The van der Waals surface area contributed by atoms with E-state index in [0.29, 0.717) is 4.47 Å². The van der Waals surface area contributed by atoms with Crippen molar-refractivity contribution in [2.45, 2.75) is 0 Å². The zero-order valence-corrected chi connectivity index (χ0v) is 9.80. The first kappa shape index (κ1) is 11.5. The van der Waals surface area contributed by atoms with E-state index in [1.807, 2.05) is 0 Å². The van der Waals surface area contributed by atoms with Gasteiger partial charge in [0.2, 0.25) is 0 Å². The van der Waals surface area contributed by atoms with Crippen LogP contribution in [0.15, 0.2) is 27.2 Å². The van der Waals surface area contributed by atoms with Crippen LogP contribution < -0.4 is 0 Å². The molecule has 6 nitrogen and oxygen atoms in total. The van der Waals surface area contributed by atoms with Crippen molar-refractivity contribution < 1.29 is 24.6 Å². The number of rotatable bonds is 2. The zero-order chi connectivity index (χ0) is 12.6. The van der Waals surface area contributed by atoms with Gasteiger partial charge < -0.3 is 19.8 Å². The van der Waals surface area contributed by atoms with Crippen LogP contribution in [-0.2, 0) is 0 Å². The Balaban J connectivity index is 2.60. The molecular weight excluding hydrogens is 294 g/mol. The van der Waals surface area contributed by atoms with Crippen molar-refractivity contribution in [1.82, 2.24) is 5.16 Å². The molecule has 0 bridgehead atoms. The molecular formula is C10H6BrNO5. The molecule has 2 aromatic rings. The molecule has 0 fully saturated rings. The topological polar surface area (TPSA) is 104 Å². The van der Waals surface area contributed by atoms with Gasteiger partial charge in [0.1, 0.15) is 0 Å². The minimum absolute atomic E-state index is 0.0441. The average Bonchev–Trinajstić information content (AvgIpc) is 2.73. The summed E-state index contributed by atoms with van der Waals surface area (Å²) in [5.41, 5.74) is -0.139. The van der Waals surface area contributed by atoms with E-state index in [4.69, 9.17) is 9.63 Å². The molecule has 0 atom stereocenters. The number of nitrogens with zero attached hydrogens (tertiary/aromatic N) is 1. The second-order valence-corrected chi connectivity index (χ2v) is 4.03. The third-order valence-corrected chi connectivity index (χ3v) is 2.74. The first-order valence-electron chi connectivity index (χ1n) is 4.41. The van der Waals surface area contributed by atoms with Crippen molar-refractivity contribution in [3.8, 4) is 22.8 Å². The van der Waals surface area contributed by atoms with Gasteiger partial charge in [0, 0.05) is 10.5 Å². The number of aromatic hydroxyl groups is 2. The number of carboxylic acid groups (broad SMARTS) is 1. The molecule has 1 aromatic heterocycles. The van der Waals surface area contributed by atoms with Crippen molar-refractivity contribution in [1.29, 1.82) is 0 Å². The van der Waals surface area contributed by atoms with E-state index >= 15 is 0 Å². The quantitative estimate of drug-likeness (QED) is 0.735. The fourth-order valence-electron chi connectivity index (χ4n) is 1.28. The smallest absolute Gasteiger partial charge is 0.358 e. The van der Waals surface area contributed by atoms with Crippen molar-refractivity contribution >= 4 is 21.9 Å². The molecule has 0 saturated heterocycles. The molecule has 0 spiro atoms. The van der Waals surface area contributed by atoms with Crippen LogP contribution >= 0.6 is 15.9 Å². The van der Waals surface area contributed by atoms with Gasteiger partial charge in [-0.3, -0.25) is 0 Å². The maximum Gasteiger partial charge on any atom is 0.358 e. The second kappa shape index (κ2) is 4.10. The highest BCUT2D eigenvalue weighted by Crippen LogP contribution is 2.41. The number of phenols is 2. The number of benzene rings is 1. The SMILES string of the molecule is O=C(O)c1cc(-c2c(Br)ccc(O)c2O)on1. The van der Waals surface area contributed by atoms with Crippen molar-refractivity contribution in [2.75, 3.05) is 0 Å². The van der Waals surface area contributed by atoms with Crippen LogP contribution in [0, 0.1) is 0 Å². The summed E-state index contributed by atoms with van der Waals surface area (Å²) < 4.78 is 5.24. The number of hydrogen-bond acceptors (Lipinski definition) is 5. The molecule has 3 N–H and O–H groups in total. The summed E-state index contributed by atoms with van der Waals surface area (Å²) in [5, 5.41) is 31.0. The molecule has 1 aromatic carbocycles. The van der Waals surface area contributed by atoms with Crippen LogP contribution in [-0.4, -0.2) is 26.4 Å². The molecule has 2 rings (SSSR count). The third-order valence-electron chi connectivity index (χ3n) is 2.08. The monoisotopic (exact) mass is 299 g/mol. The lowest BCUT2D eigenvalue weighted by Crippen LogP contribution is -1.94. The molecule has 0 aliphatic rings. The summed E-state index contributed by atoms with van der Waals surface area (Å²) in [6.07, 6.45) is 0. The van der Waals surface area contributed by atoms with Crippen LogP contribution in [0.2, 0.25) is 0 Å². The number of aromatic carboxylic acids is 1. The first-order valence-corrected chi connectivity index (χ1v) is 5.21. The standard InChI is InChI=1S/C10H6BrNO5/c11-4-1-2-6(13)9(14)8(4)7-3-5(10(15)16)12-17-7/h1-3,13-14H,(H,15,16). The van der Waals surface area contributed by atoms with Crippen LogP contribution in [0.25, 0.3) is 11.3 Å². The van der Waals surface area contributed by atoms with Gasteiger partial charge in [-0.2, -0.15) is 0 Å². The highest BCUT2D eigenvalue weighted by molar-refractivity contribution is 9.10. The molecule has 0 amide bonds. The van der Waals surface area contributed by atoms with Gasteiger partial charge in [-0.1, -0.05) is 5.16 Å². The number of aromatic nitrogens is 1. The van der Waals surface area contributed by atoms with E-state index in [0.717, 1.165) is 6.07 Å². The summed E-state index contributed by atoms with van der Waals surface area (Å²) in [7, 11) is 0. The lowest BCUT2D eigenvalue weighted by molar-refractivity contribution is 0.0686. The van der Waals surface area contributed by atoms with Gasteiger partial charge in [-0.05, 0) is 28.1 Å². The van der Waals surface area contributed by atoms with E-state index in [2.05, 4.69) is 21.1 Å². The Hall–Kier alpha value is -2.02. The normalized spacial score (nSPS) is 10.4. The zero-order valence-electron chi connectivity index (χ0n) is 8.22. The molecule has 0 radical (unpaired) electrons. The van der Waals surface area contributed by atoms with Gasteiger partial charge in [-0.25, -0.2) is 4.79 Å². The number of halogens is 1. The maximum atomic E-state index is 10.6. The van der Waals surface area contributed by atoms with Crippen LogP contribution in [0.5, 0.6) is 11.5 Å². The number of hydrogen-bond donors (Lipinski definition) is 3. The predicted octanol–water partition coefficient (Wildman–Crippen LogP) is 2.21. The van der Waals surface area contributed by atoms with Gasteiger partial charge in [-0.15, -0.1) is 0 Å². The van der Waals surface area contributed by atoms with Gasteiger partial charge in [0.15, 0.2) is 23.0 Å². The highest BCUT2D eigenvalue weighted by Gasteiger charge is 2.19. The second-order valence-electron chi connectivity index (χ2n) is 3.17. The van der Waals surface area contributed by atoms with Crippen LogP contribution in [0.1, 0.15) is 10.5 Å². The minimum atomic E-state index is -1.24. The fraction of sp³-hybridized carbons (Fsp3) is 0. The number of carbonyl (C=O) groups is 1. The molecule has 1 heterocycles. The number of phenolic OH excluding ortho intramolecular Hbond substituents is 2. The van der Waals surface area contributed by atoms with E-state index in [-0.39, 0.29) is 22.8 Å². The summed E-state index contributed by atoms with van der Waals surface area (Å²) in [5.74, 6) is -1.94. The number of carboxylic acids is 1. The Morgan fingerprint density at radius 1 is 1.35 bits per heavy atom. The lowest BCUT2D eigenvalue weighted by atomic mass is 10.1. The van der Waals surface area contributed by atoms with Crippen molar-refractivity contribution in [3.63, 3.8) is 0 Å². The molecule has 88 valence electrons. The summed E-state index contributed by atoms with van der Waals surface area (Å²) >= 11 is 3.16. The van der Waals surface area contributed by atoms with Crippen LogP contribution in [0.4, 0.5) is 0 Å². The van der Waals surface area contributed by atoms with E-state index < -0.39 is 11.7 Å². The largest absolute Gasteiger partial charge is 0.504 e. The third kappa shape index (κ3) is 1.96. The maximum absolute atomic E-state index is 10.6. The predicted molar refractivity (Wildman–Crippen MR) is 59.9 cm³/mol. The Bertz CT molecular complexity index is 592. The molecule has 0 unspecified atom stereocenters. The minimum Gasteiger partial charge on any atom is -0.504 e. The molecule has 7 heteroatoms. The average molecular weight is 300 g/mol. The first-order chi connectivity index (χ1) is 8.00. The Morgan fingerprint density at radius 2 is 2.06 bits per heavy atom. The van der Waals surface area contributed by atoms with Crippen molar-refractivity contribution in [3.05, 3.63) is 28.4 Å². The van der Waals surface area contributed by atoms with E-state index in [1.165, 1.54) is 12.1 Å². The molecule has 0 aliphatic heterocycles. The van der Waals surface area contributed by atoms with Gasteiger partial charge in [0.25, 0.3) is 0 Å². The Morgan fingerprint density at radius 3 is 2.65 bits per heavy atom. The van der Waals surface area contributed by atoms with E-state index in [9.17, 15) is 15.0 Å². The molecule has 0 aliphatic carbocycles. The summed E-state index contributed by atoms with van der Waals surface area (Å²) in [6, 6.07) is 3.94. The molecule has 0 saturated carbocycles. The van der Waals surface area contributed by atoms with Crippen LogP contribution in [0.3, 0.4) is 0 Å². The lowest BCUT2D eigenvalue weighted by Gasteiger charge is -2.04. The van der Waals surface area contributed by atoms with Gasteiger partial charge in [0.05, 0.1) is 5.56 Å². The van der Waals surface area contributed by atoms with E-state index in [1.54, 1.807) is 0 Å².